The molecule has 4 rings (SSSR count). The molecule has 1 N–H and O–H groups in total. The number of para-hydroxylation sites is 1. The summed E-state index contributed by atoms with van der Waals surface area (Å²) in [7, 11) is 0. The number of anilines is 1. The molecule has 2 aliphatic heterocycles. The number of rotatable bonds is 4. The average molecular weight is 380 g/mol. The molecule has 2 aromatic carbocycles. The minimum absolute atomic E-state index is 0.00115. The maximum Gasteiger partial charge on any atom is 0.251 e. The number of carbonyl (C=O) groups excluding carboxylic acids is 1. The first kappa shape index (κ1) is 18.8. The number of amides is 1. The zero-order chi connectivity index (χ0) is 19.5. The first-order valence-electron chi connectivity index (χ1n) is 10.2. The first-order valence-corrected chi connectivity index (χ1v) is 10.2. The van der Waals surface area contributed by atoms with Gasteiger partial charge in [0.15, 0.2) is 0 Å². The van der Waals surface area contributed by atoms with Gasteiger partial charge >= 0.3 is 0 Å². The van der Waals surface area contributed by atoms with Gasteiger partial charge in [0.25, 0.3) is 5.91 Å². The van der Waals surface area contributed by atoms with Crippen LogP contribution in [0.15, 0.2) is 48.5 Å². The highest BCUT2D eigenvalue weighted by atomic mass is 16.5. The summed E-state index contributed by atoms with van der Waals surface area (Å²) < 4.78 is 5.69. The van der Waals surface area contributed by atoms with E-state index in [0.717, 1.165) is 43.9 Å². The van der Waals surface area contributed by atoms with Crippen molar-refractivity contribution < 1.29 is 9.53 Å². The number of hydrogen-bond donors (Lipinski definition) is 1. The molecule has 28 heavy (non-hydrogen) atoms. The standard InChI is InChI=1S/C23H29N3O2/c1-17(2)25-12-14-26(15-13-25)19-9-7-18(8-10-19)23(27)24-21-11-16-28-22-6-4-3-5-20(21)22/h3-10,17,21H,11-16H2,1-2H3,(H,24,27). The van der Waals surface area contributed by atoms with Crippen LogP contribution in [0, 0.1) is 0 Å². The number of fused-ring (bicyclic) bond motifs is 1. The van der Waals surface area contributed by atoms with Gasteiger partial charge in [0.1, 0.15) is 5.75 Å². The highest BCUT2D eigenvalue weighted by Crippen LogP contribution is 2.31. The summed E-state index contributed by atoms with van der Waals surface area (Å²) in [6.07, 6.45) is 0.793. The quantitative estimate of drug-likeness (QED) is 0.884. The van der Waals surface area contributed by atoms with Gasteiger partial charge in [-0.2, -0.15) is 0 Å². The molecule has 0 radical (unpaired) electrons. The van der Waals surface area contributed by atoms with E-state index in [1.54, 1.807) is 0 Å². The molecule has 0 aromatic heterocycles. The number of benzene rings is 2. The van der Waals surface area contributed by atoms with Crippen LogP contribution in [0.2, 0.25) is 0 Å². The predicted octanol–water partition coefficient (Wildman–Crippen LogP) is 3.47. The summed E-state index contributed by atoms with van der Waals surface area (Å²) in [4.78, 5) is 17.7. The lowest BCUT2D eigenvalue weighted by atomic mass is 10.00. The normalized spacial score (nSPS) is 19.8. The minimum Gasteiger partial charge on any atom is -0.493 e. The molecule has 148 valence electrons. The van der Waals surface area contributed by atoms with Gasteiger partial charge in [-0.1, -0.05) is 18.2 Å². The van der Waals surface area contributed by atoms with Gasteiger partial charge in [-0.3, -0.25) is 9.69 Å². The Morgan fingerprint density at radius 2 is 1.75 bits per heavy atom. The molecular weight excluding hydrogens is 350 g/mol. The monoisotopic (exact) mass is 379 g/mol. The first-order chi connectivity index (χ1) is 13.6. The van der Waals surface area contributed by atoms with Crippen molar-refractivity contribution in [2.75, 3.05) is 37.7 Å². The molecule has 1 saturated heterocycles. The molecule has 0 bridgehead atoms. The van der Waals surface area contributed by atoms with E-state index in [-0.39, 0.29) is 11.9 Å². The Bertz CT molecular complexity index is 811. The maximum absolute atomic E-state index is 12.8. The molecule has 1 amide bonds. The molecule has 0 saturated carbocycles. The number of ether oxygens (including phenoxy) is 1. The van der Waals surface area contributed by atoms with Crippen LogP contribution in [0.5, 0.6) is 5.75 Å². The van der Waals surface area contributed by atoms with Gasteiger partial charge in [-0.15, -0.1) is 0 Å². The van der Waals surface area contributed by atoms with Crippen molar-refractivity contribution in [2.45, 2.75) is 32.4 Å². The molecule has 0 aliphatic carbocycles. The summed E-state index contributed by atoms with van der Waals surface area (Å²) in [5.74, 6) is 0.841. The van der Waals surface area contributed by atoms with Crippen molar-refractivity contribution in [3.05, 3.63) is 59.7 Å². The highest BCUT2D eigenvalue weighted by Gasteiger charge is 2.23. The fourth-order valence-electron chi connectivity index (χ4n) is 4.05. The molecule has 2 aromatic rings. The predicted molar refractivity (Wildman–Crippen MR) is 112 cm³/mol. The van der Waals surface area contributed by atoms with Crippen molar-refractivity contribution in [3.63, 3.8) is 0 Å². The fourth-order valence-corrected chi connectivity index (χ4v) is 4.05. The Hall–Kier alpha value is -2.53. The van der Waals surface area contributed by atoms with Crippen LogP contribution in [0.4, 0.5) is 5.69 Å². The topological polar surface area (TPSA) is 44.8 Å². The molecule has 1 unspecified atom stereocenters. The third-order valence-corrected chi connectivity index (χ3v) is 5.80. The van der Waals surface area contributed by atoms with Crippen molar-refractivity contribution in [1.29, 1.82) is 0 Å². The van der Waals surface area contributed by atoms with E-state index in [2.05, 4.69) is 41.1 Å². The Morgan fingerprint density at radius 3 is 2.46 bits per heavy atom. The number of nitrogens with zero attached hydrogens (tertiary/aromatic N) is 2. The lowest BCUT2D eigenvalue weighted by Gasteiger charge is -2.38. The van der Waals surface area contributed by atoms with Crippen LogP contribution < -0.4 is 15.0 Å². The second-order valence-electron chi connectivity index (χ2n) is 7.86. The van der Waals surface area contributed by atoms with E-state index in [1.807, 2.05) is 36.4 Å². The smallest absolute Gasteiger partial charge is 0.251 e. The van der Waals surface area contributed by atoms with E-state index < -0.39 is 0 Å². The molecule has 0 spiro atoms. The molecular formula is C23H29N3O2. The number of hydrogen-bond acceptors (Lipinski definition) is 4. The number of carbonyl (C=O) groups is 1. The Kier molecular flexibility index (Phi) is 5.53. The van der Waals surface area contributed by atoms with E-state index in [0.29, 0.717) is 18.2 Å². The molecule has 1 fully saturated rings. The van der Waals surface area contributed by atoms with E-state index in [9.17, 15) is 4.79 Å². The van der Waals surface area contributed by atoms with Gasteiger partial charge in [-0.25, -0.2) is 0 Å². The zero-order valence-electron chi connectivity index (χ0n) is 16.7. The third-order valence-electron chi connectivity index (χ3n) is 5.80. The summed E-state index contributed by atoms with van der Waals surface area (Å²) >= 11 is 0. The lowest BCUT2D eigenvalue weighted by Crippen LogP contribution is -2.48. The largest absolute Gasteiger partial charge is 0.493 e. The summed E-state index contributed by atoms with van der Waals surface area (Å²) in [6.45, 7) is 9.36. The van der Waals surface area contributed by atoms with Gasteiger partial charge in [-0.05, 0) is 44.2 Å². The molecule has 5 nitrogen and oxygen atoms in total. The second kappa shape index (κ2) is 8.23. The van der Waals surface area contributed by atoms with Gasteiger partial charge in [0.05, 0.1) is 12.6 Å². The SMILES string of the molecule is CC(C)N1CCN(c2ccc(C(=O)NC3CCOc4ccccc43)cc2)CC1. The van der Waals surface area contributed by atoms with Gasteiger partial charge < -0.3 is 15.0 Å². The number of piperazine rings is 1. The fraction of sp³-hybridized carbons (Fsp3) is 0.435. The molecule has 2 aliphatic rings. The van der Waals surface area contributed by atoms with Crippen LogP contribution >= 0.6 is 0 Å². The van der Waals surface area contributed by atoms with E-state index in [4.69, 9.17) is 4.74 Å². The van der Waals surface area contributed by atoms with Crippen LogP contribution in [-0.2, 0) is 0 Å². The summed E-state index contributed by atoms with van der Waals surface area (Å²) in [6, 6.07) is 16.5. The van der Waals surface area contributed by atoms with Crippen LogP contribution in [0.1, 0.15) is 42.2 Å². The zero-order valence-corrected chi connectivity index (χ0v) is 16.7. The Balaban J connectivity index is 1.39. The summed E-state index contributed by atoms with van der Waals surface area (Å²) in [5.41, 5.74) is 2.95. The lowest BCUT2D eigenvalue weighted by molar-refractivity contribution is 0.0925. The van der Waals surface area contributed by atoms with E-state index >= 15 is 0 Å². The van der Waals surface area contributed by atoms with Crippen LogP contribution in [0.3, 0.4) is 0 Å². The third kappa shape index (κ3) is 3.99. The molecule has 1 atom stereocenters. The van der Waals surface area contributed by atoms with Crippen molar-refractivity contribution in [3.8, 4) is 5.75 Å². The second-order valence-corrected chi connectivity index (χ2v) is 7.86. The molecule has 2 heterocycles. The van der Waals surface area contributed by atoms with Gasteiger partial charge in [0.2, 0.25) is 0 Å². The van der Waals surface area contributed by atoms with Crippen LogP contribution in [-0.4, -0.2) is 49.6 Å². The van der Waals surface area contributed by atoms with Crippen LogP contribution in [0.25, 0.3) is 0 Å². The van der Waals surface area contributed by atoms with Crippen molar-refractivity contribution >= 4 is 11.6 Å². The van der Waals surface area contributed by atoms with Crippen molar-refractivity contribution in [2.24, 2.45) is 0 Å². The number of nitrogens with one attached hydrogen (secondary N) is 1. The minimum atomic E-state index is -0.0297. The van der Waals surface area contributed by atoms with Crippen molar-refractivity contribution in [1.82, 2.24) is 10.2 Å². The summed E-state index contributed by atoms with van der Waals surface area (Å²) in [5, 5.41) is 3.17. The average Bonchev–Trinajstić information content (AvgIpc) is 2.74. The highest BCUT2D eigenvalue weighted by molar-refractivity contribution is 5.94. The Morgan fingerprint density at radius 1 is 1.04 bits per heavy atom. The molecule has 5 heteroatoms. The van der Waals surface area contributed by atoms with Gasteiger partial charge in [0, 0.05) is 55.5 Å². The van der Waals surface area contributed by atoms with E-state index in [1.165, 1.54) is 5.69 Å². The maximum atomic E-state index is 12.8. The Labute approximate surface area is 167 Å².